The zero-order valence-corrected chi connectivity index (χ0v) is 11.8. The normalized spacial score (nSPS) is 12.5. The van der Waals surface area contributed by atoms with Gasteiger partial charge in [0.15, 0.2) is 0 Å². The Kier molecular flexibility index (Phi) is 5.76. The van der Waals surface area contributed by atoms with Crippen LogP contribution in [0.5, 0.6) is 0 Å². The van der Waals surface area contributed by atoms with Gasteiger partial charge >= 0.3 is 0 Å². The van der Waals surface area contributed by atoms with Crippen LogP contribution in [-0.2, 0) is 11.8 Å². The molecule has 1 amide bonds. The second-order valence-electron chi connectivity index (χ2n) is 5.35. The molecule has 3 N–H and O–H groups in total. The van der Waals surface area contributed by atoms with Crippen LogP contribution in [0.3, 0.4) is 0 Å². The van der Waals surface area contributed by atoms with Gasteiger partial charge in [-0.25, -0.2) is 0 Å². The first kappa shape index (κ1) is 15.4. The Morgan fingerprint density at radius 1 is 1.42 bits per heavy atom. The molecule has 1 heterocycles. The Labute approximate surface area is 113 Å². The lowest BCUT2D eigenvalue weighted by atomic mass is 9.94. The Hall–Kier alpha value is -1.62. The number of nitrogens with one attached hydrogen (secondary N) is 1. The Morgan fingerprint density at radius 3 is 2.63 bits per heavy atom. The number of nitrogens with zero attached hydrogens (tertiary/aromatic N) is 1. The van der Waals surface area contributed by atoms with Crippen LogP contribution in [0.25, 0.3) is 0 Å². The number of carbonyl (C=O) groups is 1. The SMILES string of the molecule is CC(C)CC(CN)CC(=O)Nc1ccc(=O)n(C)c1. The van der Waals surface area contributed by atoms with Gasteiger partial charge in [0.2, 0.25) is 11.5 Å². The van der Waals surface area contributed by atoms with Crippen molar-refractivity contribution >= 4 is 11.6 Å². The lowest BCUT2D eigenvalue weighted by Crippen LogP contribution is -2.24. The quantitative estimate of drug-likeness (QED) is 0.814. The van der Waals surface area contributed by atoms with Gasteiger partial charge in [-0.1, -0.05) is 13.8 Å². The highest BCUT2D eigenvalue weighted by Crippen LogP contribution is 2.15. The van der Waals surface area contributed by atoms with E-state index in [-0.39, 0.29) is 17.4 Å². The van der Waals surface area contributed by atoms with Gasteiger partial charge in [0.1, 0.15) is 0 Å². The molecular weight excluding hydrogens is 242 g/mol. The lowest BCUT2D eigenvalue weighted by Gasteiger charge is -2.16. The van der Waals surface area contributed by atoms with Crippen molar-refractivity contribution in [3.8, 4) is 0 Å². The first-order chi connectivity index (χ1) is 8.92. The fraction of sp³-hybridized carbons (Fsp3) is 0.571. The van der Waals surface area contributed by atoms with Crippen LogP contribution in [0.1, 0.15) is 26.7 Å². The summed E-state index contributed by atoms with van der Waals surface area (Å²) in [6.45, 7) is 4.75. The number of aryl methyl sites for hydroxylation is 1. The summed E-state index contributed by atoms with van der Waals surface area (Å²) < 4.78 is 1.43. The highest BCUT2D eigenvalue weighted by Gasteiger charge is 2.14. The summed E-state index contributed by atoms with van der Waals surface area (Å²) in [5.74, 6) is 0.668. The number of rotatable bonds is 6. The molecule has 5 nitrogen and oxygen atoms in total. The fourth-order valence-electron chi connectivity index (χ4n) is 2.07. The largest absolute Gasteiger partial charge is 0.330 e. The van der Waals surface area contributed by atoms with Gasteiger partial charge in [-0.15, -0.1) is 0 Å². The van der Waals surface area contributed by atoms with E-state index in [1.54, 1.807) is 19.3 Å². The summed E-state index contributed by atoms with van der Waals surface area (Å²) in [5, 5.41) is 2.79. The first-order valence-corrected chi connectivity index (χ1v) is 6.59. The van der Waals surface area contributed by atoms with E-state index in [1.165, 1.54) is 10.6 Å². The highest BCUT2D eigenvalue weighted by atomic mass is 16.1. The van der Waals surface area contributed by atoms with Crippen LogP contribution < -0.4 is 16.6 Å². The number of hydrogen-bond acceptors (Lipinski definition) is 3. The van der Waals surface area contributed by atoms with Crippen LogP contribution in [0.2, 0.25) is 0 Å². The minimum absolute atomic E-state index is 0.0604. The number of nitrogens with two attached hydrogens (primary N) is 1. The number of pyridine rings is 1. The maximum Gasteiger partial charge on any atom is 0.250 e. The molecular formula is C14H23N3O2. The van der Waals surface area contributed by atoms with E-state index in [9.17, 15) is 9.59 Å². The molecule has 0 aliphatic rings. The Morgan fingerprint density at radius 2 is 2.11 bits per heavy atom. The Bertz CT molecular complexity index is 480. The van der Waals surface area contributed by atoms with Crippen LogP contribution in [-0.4, -0.2) is 17.0 Å². The number of amides is 1. The molecule has 0 radical (unpaired) electrons. The lowest BCUT2D eigenvalue weighted by molar-refractivity contribution is -0.117. The molecule has 0 fully saturated rings. The van der Waals surface area contributed by atoms with Crippen molar-refractivity contribution in [1.82, 2.24) is 4.57 Å². The summed E-state index contributed by atoms with van der Waals surface area (Å²) in [6, 6.07) is 3.05. The maximum absolute atomic E-state index is 11.9. The molecule has 0 bridgehead atoms. The summed E-state index contributed by atoms with van der Waals surface area (Å²) >= 11 is 0. The molecule has 1 aromatic rings. The zero-order chi connectivity index (χ0) is 14.4. The number of anilines is 1. The standard InChI is InChI=1S/C14H23N3O2/c1-10(2)6-11(8-15)7-13(18)16-12-4-5-14(19)17(3)9-12/h4-5,9-11H,6-8,15H2,1-3H3,(H,16,18). The number of carbonyl (C=O) groups excluding carboxylic acids is 1. The molecule has 106 valence electrons. The second kappa shape index (κ2) is 7.09. The van der Waals surface area contributed by atoms with Crippen LogP contribution in [0.15, 0.2) is 23.1 Å². The van der Waals surface area contributed by atoms with Gasteiger partial charge in [0.25, 0.3) is 0 Å². The molecule has 0 aliphatic carbocycles. The summed E-state index contributed by atoms with van der Waals surface area (Å²) in [7, 11) is 1.65. The van der Waals surface area contributed by atoms with Crippen molar-refractivity contribution < 1.29 is 4.79 Å². The van der Waals surface area contributed by atoms with Gasteiger partial charge in [-0.2, -0.15) is 0 Å². The van der Waals surface area contributed by atoms with Crippen molar-refractivity contribution in [3.63, 3.8) is 0 Å². The third-order valence-corrected chi connectivity index (χ3v) is 2.98. The molecule has 0 saturated carbocycles. The van der Waals surface area contributed by atoms with E-state index in [0.717, 1.165) is 6.42 Å². The van der Waals surface area contributed by atoms with E-state index >= 15 is 0 Å². The molecule has 1 aromatic heterocycles. The molecule has 1 rings (SSSR count). The van der Waals surface area contributed by atoms with Gasteiger partial charge in [0.05, 0.1) is 5.69 Å². The number of aromatic nitrogens is 1. The van der Waals surface area contributed by atoms with Crippen molar-refractivity contribution in [2.24, 2.45) is 24.6 Å². The third kappa shape index (κ3) is 5.26. The highest BCUT2D eigenvalue weighted by molar-refractivity contribution is 5.90. The van der Waals surface area contributed by atoms with Crippen LogP contribution in [0.4, 0.5) is 5.69 Å². The van der Waals surface area contributed by atoms with Gasteiger partial charge < -0.3 is 15.6 Å². The van der Waals surface area contributed by atoms with E-state index in [4.69, 9.17) is 5.73 Å². The number of hydrogen-bond donors (Lipinski definition) is 2. The minimum Gasteiger partial charge on any atom is -0.330 e. The molecule has 0 spiro atoms. The average molecular weight is 265 g/mol. The predicted molar refractivity (Wildman–Crippen MR) is 76.9 cm³/mol. The van der Waals surface area contributed by atoms with Crippen molar-refractivity contribution in [2.45, 2.75) is 26.7 Å². The third-order valence-electron chi connectivity index (χ3n) is 2.98. The molecule has 1 unspecified atom stereocenters. The maximum atomic E-state index is 11.9. The van der Waals surface area contributed by atoms with Gasteiger partial charge in [-0.3, -0.25) is 9.59 Å². The zero-order valence-electron chi connectivity index (χ0n) is 11.8. The topological polar surface area (TPSA) is 77.1 Å². The van der Waals surface area contributed by atoms with Crippen LogP contribution in [0, 0.1) is 11.8 Å². The van der Waals surface area contributed by atoms with E-state index in [0.29, 0.717) is 24.6 Å². The molecule has 0 aliphatic heterocycles. The van der Waals surface area contributed by atoms with Crippen LogP contribution >= 0.6 is 0 Å². The van der Waals surface area contributed by atoms with Crippen molar-refractivity contribution in [3.05, 3.63) is 28.7 Å². The van der Waals surface area contributed by atoms with Gasteiger partial charge in [0, 0.05) is 25.7 Å². The molecule has 5 heteroatoms. The monoisotopic (exact) mass is 265 g/mol. The van der Waals surface area contributed by atoms with E-state index in [1.807, 2.05) is 0 Å². The second-order valence-corrected chi connectivity index (χ2v) is 5.35. The predicted octanol–water partition coefficient (Wildman–Crippen LogP) is 1.33. The summed E-state index contributed by atoms with van der Waals surface area (Å²) in [5.41, 5.74) is 6.21. The van der Waals surface area contributed by atoms with Gasteiger partial charge in [-0.05, 0) is 30.9 Å². The summed E-state index contributed by atoms with van der Waals surface area (Å²) in [4.78, 5) is 23.1. The molecule has 19 heavy (non-hydrogen) atoms. The average Bonchev–Trinajstić information content (AvgIpc) is 2.32. The smallest absolute Gasteiger partial charge is 0.250 e. The van der Waals surface area contributed by atoms with Crippen molar-refractivity contribution in [1.29, 1.82) is 0 Å². The minimum atomic E-state index is -0.0994. The Balaban J connectivity index is 2.58. The van der Waals surface area contributed by atoms with E-state index < -0.39 is 0 Å². The molecule has 1 atom stereocenters. The summed E-state index contributed by atoms with van der Waals surface area (Å²) in [6.07, 6.45) is 2.97. The fourth-order valence-corrected chi connectivity index (χ4v) is 2.07. The first-order valence-electron chi connectivity index (χ1n) is 6.59. The molecule has 0 saturated heterocycles. The van der Waals surface area contributed by atoms with E-state index in [2.05, 4.69) is 19.2 Å². The molecule has 0 aromatic carbocycles. The van der Waals surface area contributed by atoms with Crippen molar-refractivity contribution in [2.75, 3.05) is 11.9 Å².